The smallest absolute Gasteiger partial charge is 0.0500 e. The second-order valence-electron chi connectivity index (χ2n) is 5.29. The van der Waals surface area contributed by atoms with Gasteiger partial charge in [0.15, 0.2) is 0 Å². The lowest BCUT2D eigenvalue weighted by Gasteiger charge is -2.32. The Morgan fingerprint density at radius 2 is 2.00 bits per heavy atom. The fourth-order valence-electron chi connectivity index (χ4n) is 3.17. The molecule has 14 heavy (non-hydrogen) atoms. The van der Waals surface area contributed by atoms with Crippen molar-refractivity contribution < 1.29 is 5.11 Å². The third-order valence-electron chi connectivity index (χ3n) is 4.11. The highest BCUT2D eigenvalue weighted by atomic mass is 16.3. The van der Waals surface area contributed by atoms with Crippen LogP contribution in [0.1, 0.15) is 44.9 Å². The normalized spacial score (nSPS) is 34.9. The largest absolute Gasteiger partial charge is 0.396 e. The first kappa shape index (κ1) is 10.4. The molecule has 2 N–H and O–H groups in total. The van der Waals surface area contributed by atoms with Crippen molar-refractivity contribution in [2.24, 2.45) is 11.3 Å². The van der Waals surface area contributed by atoms with E-state index in [2.05, 4.69) is 5.32 Å². The van der Waals surface area contributed by atoms with Gasteiger partial charge in [0.25, 0.3) is 0 Å². The molecule has 0 aromatic carbocycles. The lowest BCUT2D eigenvalue weighted by Crippen LogP contribution is -2.31. The van der Waals surface area contributed by atoms with Gasteiger partial charge in [0.2, 0.25) is 0 Å². The molecule has 0 radical (unpaired) electrons. The summed E-state index contributed by atoms with van der Waals surface area (Å²) in [6, 6.07) is 0. The van der Waals surface area contributed by atoms with Gasteiger partial charge in [-0.25, -0.2) is 0 Å². The topological polar surface area (TPSA) is 32.3 Å². The summed E-state index contributed by atoms with van der Waals surface area (Å²) in [5.41, 5.74) is 0.238. The quantitative estimate of drug-likeness (QED) is 0.724. The average molecular weight is 197 g/mol. The van der Waals surface area contributed by atoms with E-state index in [0.717, 1.165) is 19.0 Å². The lowest BCUT2D eigenvalue weighted by molar-refractivity contribution is 0.103. The van der Waals surface area contributed by atoms with E-state index in [0.29, 0.717) is 6.61 Å². The monoisotopic (exact) mass is 197 g/mol. The zero-order valence-electron chi connectivity index (χ0n) is 9.10. The predicted octanol–water partition coefficient (Wildman–Crippen LogP) is 1.93. The first-order valence-corrected chi connectivity index (χ1v) is 6.16. The Hall–Kier alpha value is -0.0800. The molecule has 1 saturated carbocycles. The number of hydrogen-bond donors (Lipinski definition) is 2. The molecule has 2 fully saturated rings. The molecule has 2 aliphatic rings. The Labute approximate surface area is 87.1 Å². The maximum absolute atomic E-state index is 9.51. The highest BCUT2D eigenvalue weighted by Gasteiger charge is 2.35. The maximum atomic E-state index is 9.51. The van der Waals surface area contributed by atoms with E-state index in [-0.39, 0.29) is 5.41 Å². The number of rotatable bonds is 3. The molecule has 1 unspecified atom stereocenters. The molecule has 82 valence electrons. The summed E-state index contributed by atoms with van der Waals surface area (Å²) < 4.78 is 0. The van der Waals surface area contributed by atoms with Crippen LogP contribution >= 0.6 is 0 Å². The van der Waals surface area contributed by atoms with E-state index in [4.69, 9.17) is 0 Å². The van der Waals surface area contributed by atoms with Crippen molar-refractivity contribution in [3.63, 3.8) is 0 Å². The van der Waals surface area contributed by atoms with Gasteiger partial charge in [-0.1, -0.05) is 32.1 Å². The summed E-state index contributed by atoms with van der Waals surface area (Å²) in [5, 5.41) is 12.9. The van der Waals surface area contributed by atoms with E-state index < -0.39 is 0 Å². The first-order chi connectivity index (χ1) is 6.85. The number of aliphatic hydroxyl groups excluding tert-OH is 1. The minimum atomic E-state index is 0.238. The van der Waals surface area contributed by atoms with Crippen LogP contribution in [0.25, 0.3) is 0 Å². The SMILES string of the molecule is OCC1(CC2CCCCC2)CCNC1. The van der Waals surface area contributed by atoms with Crippen LogP contribution in [-0.4, -0.2) is 24.8 Å². The van der Waals surface area contributed by atoms with Gasteiger partial charge < -0.3 is 10.4 Å². The molecule has 1 saturated heterocycles. The molecular weight excluding hydrogens is 174 g/mol. The molecule has 1 aliphatic heterocycles. The minimum Gasteiger partial charge on any atom is -0.396 e. The molecule has 0 aromatic heterocycles. The lowest BCUT2D eigenvalue weighted by atomic mass is 9.74. The first-order valence-electron chi connectivity index (χ1n) is 6.16. The summed E-state index contributed by atoms with van der Waals surface area (Å²) in [5.74, 6) is 0.899. The van der Waals surface area contributed by atoms with Crippen molar-refractivity contribution in [2.45, 2.75) is 44.9 Å². The van der Waals surface area contributed by atoms with Crippen LogP contribution in [-0.2, 0) is 0 Å². The van der Waals surface area contributed by atoms with Crippen molar-refractivity contribution in [3.05, 3.63) is 0 Å². The number of hydrogen-bond acceptors (Lipinski definition) is 2. The van der Waals surface area contributed by atoms with Crippen molar-refractivity contribution >= 4 is 0 Å². The zero-order chi connectivity index (χ0) is 9.86. The van der Waals surface area contributed by atoms with Crippen molar-refractivity contribution in [1.82, 2.24) is 5.32 Å². The van der Waals surface area contributed by atoms with Crippen molar-refractivity contribution in [1.29, 1.82) is 0 Å². The van der Waals surface area contributed by atoms with Gasteiger partial charge in [0.05, 0.1) is 0 Å². The van der Waals surface area contributed by atoms with Crippen molar-refractivity contribution in [2.75, 3.05) is 19.7 Å². The van der Waals surface area contributed by atoms with E-state index in [9.17, 15) is 5.11 Å². The van der Waals surface area contributed by atoms with E-state index in [1.807, 2.05) is 0 Å². The molecule has 0 amide bonds. The number of nitrogens with one attached hydrogen (secondary N) is 1. The maximum Gasteiger partial charge on any atom is 0.0500 e. The van der Waals surface area contributed by atoms with Crippen LogP contribution in [0.4, 0.5) is 0 Å². The fraction of sp³-hybridized carbons (Fsp3) is 1.00. The van der Waals surface area contributed by atoms with E-state index in [1.165, 1.54) is 44.9 Å². The molecule has 1 aliphatic carbocycles. The molecular formula is C12H23NO. The summed E-state index contributed by atoms with van der Waals surface area (Å²) in [6.45, 7) is 2.53. The molecule has 2 rings (SSSR count). The van der Waals surface area contributed by atoms with Crippen LogP contribution < -0.4 is 5.32 Å². The van der Waals surface area contributed by atoms with Crippen LogP contribution in [0.5, 0.6) is 0 Å². The molecule has 0 bridgehead atoms. The Kier molecular flexibility index (Phi) is 3.45. The van der Waals surface area contributed by atoms with Crippen molar-refractivity contribution in [3.8, 4) is 0 Å². The second kappa shape index (κ2) is 4.63. The Morgan fingerprint density at radius 3 is 2.57 bits per heavy atom. The molecule has 2 nitrogen and oxygen atoms in total. The standard InChI is InChI=1S/C12H23NO/c14-10-12(6-7-13-9-12)8-11-4-2-1-3-5-11/h11,13-14H,1-10H2. The van der Waals surface area contributed by atoms with Gasteiger partial charge in [0, 0.05) is 18.6 Å². The highest BCUT2D eigenvalue weighted by molar-refractivity contribution is 4.89. The van der Waals surface area contributed by atoms with Crippen LogP contribution in [0.3, 0.4) is 0 Å². The molecule has 0 spiro atoms. The van der Waals surface area contributed by atoms with Gasteiger partial charge in [-0.3, -0.25) is 0 Å². The van der Waals surface area contributed by atoms with Gasteiger partial charge >= 0.3 is 0 Å². The van der Waals surface area contributed by atoms with Crippen LogP contribution in [0.15, 0.2) is 0 Å². The van der Waals surface area contributed by atoms with E-state index >= 15 is 0 Å². The molecule has 0 aromatic rings. The van der Waals surface area contributed by atoms with Gasteiger partial charge in [-0.2, -0.15) is 0 Å². The minimum absolute atomic E-state index is 0.238. The second-order valence-corrected chi connectivity index (χ2v) is 5.29. The summed E-state index contributed by atoms with van der Waals surface area (Å²) in [6.07, 6.45) is 9.51. The summed E-state index contributed by atoms with van der Waals surface area (Å²) >= 11 is 0. The Balaban J connectivity index is 1.86. The third kappa shape index (κ3) is 2.29. The Bertz CT molecular complexity index is 169. The van der Waals surface area contributed by atoms with E-state index in [1.54, 1.807) is 0 Å². The number of aliphatic hydroxyl groups is 1. The Morgan fingerprint density at radius 1 is 1.21 bits per heavy atom. The van der Waals surface area contributed by atoms with Gasteiger partial charge in [0.1, 0.15) is 0 Å². The average Bonchev–Trinajstić information content (AvgIpc) is 2.69. The summed E-state index contributed by atoms with van der Waals surface area (Å²) in [7, 11) is 0. The van der Waals surface area contributed by atoms with Crippen LogP contribution in [0.2, 0.25) is 0 Å². The van der Waals surface area contributed by atoms with Gasteiger partial charge in [-0.15, -0.1) is 0 Å². The highest BCUT2D eigenvalue weighted by Crippen LogP contribution is 2.38. The summed E-state index contributed by atoms with van der Waals surface area (Å²) in [4.78, 5) is 0. The molecule has 1 heterocycles. The van der Waals surface area contributed by atoms with Gasteiger partial charge in [-0.05, 0) is 25.3 Å². The molecule has 2 heteroatoms. The van der Waals surface area contributed by atoms with Crippen LogP contribution in [0, 0.1) is 11.3 Å². The fourth-order valence-corrected chi connectivity index (χ4v) is 3.17. The molecule has 1 atom stereocenters. The zero-order valence-corrected chi connectivity index (χ0v) is 9.10. The predicted molar refractivity (Wildman–Crippen MR) is 58.2 cm³/mol. The third-order valence-corrected chi connectivity index (χ3v) is 4.11.